The number of thiocarbonyl (C=S) groups is 1. The van der Waals surface area contributed by atoms with Crippen molar-refractivity contribution < 1.29 is 8.42 Å². The van der Waals surface area contributed by atoms with Gasteiger partial charge in [-0.25, -0.2) is 8.42 Å². The quantitative estimate of drug-likeness (QED) is 0.771. The van der Waals surface area contributed by atoms with E-state index in [1.807, 2.05) is 23.2 Å². The number of hydrogen-bond donors (Lipinski definition) is 2. The van der Waals surface area contributed by atoms with Crippen LogP contribution in [0.2, 0.25) is 0 Å². The van der Waals surface area contributed by atoms with Crippen LogP contribution in [0, 0.1) is 0 Å². The van der Waals surface area contributed by atoms with Gasteiger partial charge in [0.05, 0.1) is 6.26 Å². The van der Waals surface area contributed by atoms with Crippen molar-refractivity contribution in [1.29, 1.82) is 0 Å². The number of hydrogen-bond acceptors (Lipinski definition) is 4. The second-order valence-corrected chi connectivity index (χ2v) is 8.04. The predicted octanol–water partition coefficient (Wildman–Crippen LogP) is 0.905. The molecule has 0 amide bonds. The summed E-state index contributed by atoms with van der Waals surface area (Å²) in [5.74, 6) is 0. The number of rotatable bonds is 2. The fourth-order valence-corrected chi connectivity index (χ4v) is 3.86. The van der Waals surface area contributed by atoms with E-state index in [1.165, 1.54) is 16.1 Å². The van der Waals surface area contributed by atoms with Crippen LogP contribution in [-0.2, 0) is 10.0 Å². The Labute approximate surface area is 142 Å². The van der Waals surface area contributed by atoms with Crippen molar-refractivity contribution in [2.45, 2.75) is 0 Å². The van der Waals surface area contributed by atoms with E-state index in [-0.39, 0.29) is 0 Å². The lowest BCUT2D eigenvalue weighted by atomic mass is 10.1. The van der Waals surface area contributed by atoms with Gasteiger partial charge in [-0.2, -0.15) is 4.31 Å². The van der Waals surface area contributed by atoms with Crippen LogP contribution in [0.4, 0.5) is 5.69 Å². The second kappa shape index (κ2) is 6.46. The van der Waals surface area contributed by atoms with Crippen LogP contribution in [0.5, 0.6) is 0 Å². The first-order valence-corrected chi connectivity index (χ1v) is 9.74. The molecule has 0 unspecified atom stereocenters. The van der Waals surface area contributed by atoms with Gasteiger partial charge in [0.15, 0.2) is 5.11 Å². The minimum Gasteiger partial charge on any atom is -0.380 e. The van der Waals surface area contributed by atoms with Gasteiger partial charge in [-0.15, -0.1) is 0 Å². The van der Waals surface area contributed by atoms with Gasteiger partial charge >= 0.3 is 0 Å². The van der Waals surface area contributed by atoms with Gasteiger partial charge in [-0.3, -0.25) is 0 Å². The first-order valence-electron chi connectivity index (χ1n) is 7.48. The standard InChI is InChI=1S/C15H20N4O2S2/c1-23(20,21)19-8-6-18(7-9-19)15(22)17-11-12-10-16-14-5-3-2-4-13(12)14/h2-5,11,16H,6-10H2,1H3,(H,17,22)/b12-11-. The molecular formula is C15H20N4O2S2. The molecule has 124 valence electrons. The Kier molecular flexibility index (Phi) is 4.56. The molecule has 1 saturated heterocycles. The molecule has 2 heterocycles. The van der Waals surface area contributed by atoms with Crippen molar-refractivity contribution in [3.05, 3.63) is 36.0 Å². The Hall–Kier alpha value is -1.64. The van der Waals surface area contributed by atoms with Gasteiger partial charge in [0.2, 0.25) is 10.0 Å². The summed E-state index contributed by atoms with van der Waals surface area (Å²) in [7, 11) is -3.11. The largest absolute Gasteiger partial charge is 0.380 e. The van der Waals surface area contributed by atoms with E-state index in [4.69, 9.17) is 12.2 Å². The molecule has 0 aliphatic carbocycles. The fraction of sp³-hybridized carbons (Fsp3) is 0.400. The van der Waals surface area contributed by atoms with E-state index in [2.05, 4.69) is 22.8 Å². The van der Waals surface area contributed by atoms with Crippen LogP contribution in [-0.4, -0.2) is 61.7 Å². The molecule has 8 heteroatoms. The van der Waals surface area contributed by atoms with Gasteiger partial charge in [0, 0.05) is 50.2 Å². The third-order valence-corrected chi connectivity index (χ3v) is 5.79. The first-order chi connectivity index (χ1) is 10.9. The molecule has 0 saturated carbocycles. The number of para-hydroxylation sites is 1. The third-order valence-electron chi connectivity index (χ3n) is 4.11. The smallest absolute Gasteiger partial charge is 0.211 e. The van der Waals surface area contributed by atoms with Crippen LogP contribution in [0.15, 0.2) is 30.5 Å². The van der Waals surface area contributed by atoms with Crippen LogP contribution in [0.25, 0.3) is 5.57 Å². The summed E-state index contributed by atoms with van der Waals surface area (Å²) in [5.41, 5.74) is 3.48. The average Bonchev–Trinajstić information content (AvgIpc) is 2.95. The van der Waals surface area contributed by atoms with Gasteiger partial charge in [-0.1, -0.05) is 18.2 Å². The average molecular weight is 352 g/mol. The second-order valence-electron chi connectivity index (χ2n) is 5.67. The lowest BCUT2D eigenvalue weighted by Gasteiger charge is -2.34. The molecule has 23 heavy (non-hydrogen) atoms. The van der Waals surface area contributed by atoms with E-state index in [1.54, 1.807) is 0 Å². The number of nitrogens with one attached hydrogen (secondary N) is 2. The highest BCUT2D eigenvalue weighted by atomic mass is 32.2. The fourth-order valence-electron chi connectivity index (χ4n) is 2.79. The Bertz CT molecular complexity index is 738. The topological polar surface area (TPSA) is 64.7 Å². The SMILES string of the molecule is CS(=O)(=O)N1CCN(C(=S)N/C=C2/CNc3ccccc32)CC1. The summed E-state index contributed by atoms with van der Waals surface area (Å²) in [4.78, 5) is 2.00. The summed E-state index contributed by atoms with van der Waals surface area (Å²) in [5, 5.41) is 7.15. The Morgan fingerprint density at radius 3 is 2.65 bits per heavy atom. The maximum atomic E-state index is 11.5. The van der Waals surface area contributed by atoms with Crippen molar-refractivity contribution in [3.63, 3.8) is 0 Å². The van der Waals surface area contributed by atoms with Crippen molar-refractivity contribution in [2.75, 3.05) is 44.3 Å². The predicted molar refractivity (Wildman–Crippen MR) is 96.6 cm³/mol. The van der Waals surface area contributed by atoms with Gasteiger partial charge in [0.25, 0.3) is 0 Å². The molecule has 3 rings (SSSR count). The zero-order valence-corrected chi connectivity index (χ0v) is 14.6. The first kappa shape index (κ1) is 16.2. The molecule has 2 aliphatic heterocycles. The van der Waals surface area contributed by atoms with Crippen molar-refractivity contribution in [2.24, 2.45) is 0 Å². The molecule has 0 aromatic heterocycles. The van der Waals surface area contributed by atoms with Crippen molar-refractivity contribution >= 4 is 38.6 Å². The molecule has 0 bridgehead atoms. The zero-order chi connectivity index (χ0) is 16.4. The number of anilines is 1. The molecule has 1 aromatic carbocycles. The minimum absolute atomic E-state index is 0.474. The van der Waals surface area contributed by atoms with Crippen molar-refractivity contribution in [3.8, 4) is 0 Å². The number of piperazine rings is 1. The molecular weight excluding hydrogens is 332 g/mol. The number of benzene rings is 1. The summed E-state index contributed by atoms with van der Waals surface area (Å²) >= 11 is 5.42. The summed E-state index contributed by atoms with van der Waals surface area (Å²) in [6.07, 6.45) is 3.18. The highest BCUT2D eigenvalue weighted by Crippen LogP contribution is 2.29. The highest BCUT2D eigenvalue weighted by Gasteiger charge is 2.24. The molecule has 0 radical (unpaired) electrons. The Balaban J connectivity index is 1.58. The maximum absolute atomic E-state index is 11.5. The number of fused-ring (bicyclic) bond motifs is 1. The van der Waals surface area contributed by atoms with E-state index in [0.29, 0.717) is 31.3 Å². The molecule has 0 spiro atoms. The van der Waals surface area contributed by atoms with Crippen molar-refractivity contribution in [1.82, 2.24) is 14.5 Å². The Morgan fingerprint density at radius 1 is 1.26 bits per heavy atom. The summed E-state index contributed by atoms with van der Waals surface area (Å²) < 4.78 is 24.5. The summed E-state index contributed by atoms with van der Waals surface area (Å²) in [6.45, 7) is 2.94. The van der Waals surface area contributed by atoms with E-state index < -0.39 is 10.0 Å². The molecule has 2 aliphatic rings. The lowest BCUT2D eigenvalue weighted by Crippen LogP contribution is -2.52. The van der Waals surface area contributed by atoms with E-state index in [0.717, 1.165) is 17.8 Å². The van der Waals surface area contributed by atoms with E-state index in [9.17, 15) is 8.42 Å². The third kappa shape index (κ3) is 3.65. The molecule has 1 fully saturated rings. The van der Waals surface area contributed by atoms with Crippen LogP contribution < -0.4 is 10.6 Å². The van der Waals surface area contributed by atoms with Crippen LogP contribution in [0.1, 0.15) is 5.56 Å². The molecule has 2 N–H and O–H groups in total. The van der Waals surface area contributed by atoms with Crippen LogP contribution in [0.3, 0.4) is 0 Å². The van der Waals surface area contributed by atoms with E-state index >= 15 is 0 Å². The minimum atomic E-state index is -3.11. The van der Waals surface area contributed by atoms with Gasteiger partial charge < -0.3 is 15.5 Å². The maximum Gasteiger partial charge on any atom is 0.211 e. The molecule has 6 nitrogen and oxygen atoms in total. The highest BCUT2D eigenvalue weighted by molar-refractivity contribution is 7.88. The number of nitrogens with zero attached hydrogens (tertiary/aromatic N) is 2. The normalized spacial score (nSPS) is 20.2. The zero-order valence-electron chi connectivity index (χ0n) is 12.9. The monoisotopic (exact) mass is 352 g/mol. The Morgan fingerprint density at radius 2 is 1.96 bits per heavy atom. The van der Waals surface area contributed by atoms with Gasteiger partial charge in [-0.05, 0) is 23.9 Å². The number of sulfonamides is 1. The molecule has 1 aromatic rings. The lowest BCUT2D eigenvalue weighted by molar-refractivity contribution is 0.266. The summed E-state index contributed by atoms with van der Waals surface area (Å²) in [6, 6.07) is 8.16. The van der Waals surface area contributed by atoms with Gasteiger partial charge in [0.1, 0.15) is 0 Å². The molecule has 0 atom stereocenters. The van der Waals surface area contributed by atoms with Crippen LogP contribution >= 0.6 is 12.2 Å².